The topological polar surface area (TPSA) is 136 Å². The van der Waals surface area contributed by atoms with Crippen LogP contribution in [-0.4, -0.2) is 102 Å². The molecular weight excluding hydrogens is 476 g/mol. The quantitative estimate of drug-likeness (QED) is 0.385. The monoisotopic (exact) mass is 510 g/mol. The number of nitrogens with two attached hydrogens (primary N) is 1. The van der Waals surface area contributed by atoms with Gasteiger partial charge in [0.2, 0.25) is 17.7 Å². The average molecular weight is 511 g/mol. The number of piperidine rings is 1. The van der Waals surface area contributed by atoms with Crippen LogP contribution >= 0.6 is 0 Å². The van der Waals surface area contributed by atoms with Gasteiger partial charge in [0.25, 0.3) is 11.8 Å². The number of benzene rings is 1. The Morgan fingerprint density at radius 3 is 2.46 bits per heavy atom. The van der Waals surface area contributed by atoms with E-state index < -0.39 is 23.8 Å². The van der Waals surface area contributed by atoms with Gasteiger partial charge < -0.3 is 15.5 Å². The molecule has 0 bridgehead atoms. The molecular formula is C26H34N6O5. The van der Waals surface area contributed by atoms with Crippen LogP contribution in [0.3, 0.4) is 0 Å². The molecule has 0 radical (unpaired) electrons. The predicted octanol–water partition coefficient (Wildman–Crippen LogP) is -0.0603. The third-order valence-electron chi connectivity index (χ3n) is 7.85. The summed E-state index contributed by atoms with van der Waals surface area (Å²) in [5, 5.41) is 2.23. The summed E-state index contributed by atoms with van der Waals surface area (Å²) >= 11 is 0. The predicted molar refractivity (Wildman–Crippen MR) is 135 cm³/mol. The van der Waals surface area contributed by atoms with E-state index in [-0.39, 0.29) is 30.7 Å². The normalized spacial score (nSPS) is 24.6. The molecule has 0 aromatic heterocycles. The Morgan fingerprint density at radius 1 is 0.973 bits per heavy atom. The molecule has 1 aromatic rings. The van der Waals surface area contributed by atoms with Gasteiger partial charge in [-0.2, -0.15) is 0 Å². The van der Waals surface area contributed by atoms with Crippen molar-refractivity contribution in [2.45, 2.75) is 50.6 Å². The van der Waals surface area contributed by atoms with Crippen LogP contribution in [0, 0.1) is 0 Å². The van der Waals surface area contributed by atoms with E-state index in [0.717, 1.165) is 50.3 Å². The first kappa shape index (κ1) is 25.3. The lowest BCUT2D eigenvalue weighted by Crippen LogP contribution is -2.54. The molecule has 1 unspecified atom stereocenters. The van der Waals surface area contributed by atoms with E-state index in [0.29, 0.717) is 42.9 Å². The van der Waals surface area contributed by atoms with Gasteiger partial charge in [-0.1, -0.05) is 6.07 Å². The number of carbonyl (C=O) groups excluding carboxylic acids is 5. The van der Waals surface area contributed by atoms with Crippen molar-refractivity contribution in [1.82, 2.24) is 20.0 Å². The number of likely N-dealkylation sites (tertiary alicyclic amines) is 1. The first-order chi connectivity index (χ1) is 17.8. The molecule has 3 N–H and O–H groups in total. The summed E-state index contributed by atoms with van der Waals surface area (Å²) in [6.45, 7) is 5.40. The molecule has 5 rings (SSSR count). The number of rotatable bonds is 7. The van der Waals surface area contributed by atoms with Crippen LogP contribution in [0.5, 0.6) is 0 Å². The Balaban J connectivity index is 1.15. The minimum absolute atomic E-state index is 0.0964. The molecule has 11 nitrogen and oxygen atoms in total. The highest BCUT2D eigenvalue weighted by Gasteiger charge is 2.46. The van der Waals surface area contributed by atoms with Crippen LogP contribution < -0.4 is 16.0 Å². The number of amides is 5. The molecule has 3 fully saturated rings. The van der Waals surface area contributed by atoms with Crippen molar-refractivity contribution >= 4 is 35.2 Å². The SMILES string of the molecule is N[C@@H]1CCN(C(=O)CCCCN2CCN(c3cccc4c3C(=O)N(C3CCC(=O)NC3=O)C4=O)CC2)C1. The maximum atomic E-state index is 13.4. The zero-order chi connectivity index (χ0) is 26.1. The van der Waals surface area contributed by atoms with Crippen molar-refractivity contribution in [3.63, 3.8) is 0 Å². The fourth-order valence-corrected chi connectivity index (χ4v) is 5.76. The van der Waals surface area contributed by atoms with Crippen molar-refractivity contribution in [3.8, 4) is 0 Å². The molecule has 1 aromatic carbocycles. The number of piperazine rings is 1. The second-order valence-electron chi connectivity index (χ2n) is 10.3. The summed E-state index contributed by atoms with van der Waals surface area (Å²) in [5.41, 5.74) is 7.25. The Bertz CT molecular complexity index is 1110. The molecule has 4 aliphatic heterocycles. The van der Waals surface area contributed by atoms with Crippen molar-refractivity contribution in [2.75, 3.05) is 50.7 Å². The largest absolute Gasteiger partial charge is 0.368 e. The number of nitrogens with zero attached hydrogens (tertiary/aromatic N) is 4. The number of hydrogen-bond donors (Lipinski definition) is 2. The lowest BCUT2D eigenvalue weighted by molar-refractivity contribution is -0.136. The minimum atomic E-state index is -0.969. The summed E-state index contributed by atoms with van der Waals surface area (Å²) in [5.74, 6) is -1.76. The van der Waals surface area contributed by atoms with Crippen LogP contribution in [0.25, 0.3) is 0 Å². The average Bonchev–Trinajstić information content (AvgIpc) is 3.43. The smallest absolute Gasteiger partial charge is 0.264 e. The van der Waals surface area contributed by atoms with Crippen molar-refractivity contribution in [3.05, 3.63) is 29.3 Å². The van der Waals surface area contributed by atoms with E-state index in [1.54, 1.807) is 12.1 Å². The van der Waals surface area contributed by atoms with Gasteiger partial charge in [-0.3, -0.25) is 39.1 Å². The van der Waals surface area contributed by atoms with Gasteiger partial charge in [-0.15, -0.1) is 0 Å². The Morgan fingerprint density at radius 2 is 1.76 bits per heavy atom. The van der Waals surface area contributed by atoms with E-state index in [1.807, 2.05) is 11.0 Å². The molecule has 5 amide bonds. The number of hydrogen-bond acceptors (Lipinski definition) is 8. The molecule has 37 heavy (non-hydrogen) atoms. The number of anilines is 1. The van der Waals surface area contributed by atoms with Crippen LogP contribution in [-0.2, 0) is 14.4 Å². The number of fused-ring (bicyclic) bond motifs is 1. The molecule has 0 spiro atoms. The standard InChI is InChI=1S/C26H34N6O5/c27-17-9-11-31(16-17)22(34)6-1-2-10-29-12-14-30(15-13-29)19-5-3-4-18-23(19)26(37)32(25(18)36)20-7-8-21(33)28-24(20)35/h3-5,17,20H,1-2,6-16,27H2,(H,28,33,35)/t17-,20?/m1/s1. The van der Waals surface area contributed by atoms with E-state index in [1.165, 1.54) is 0 Å². The van der Waals surface area contributed by atoms with Crippen LogP contribution in [0.1, 0.15) is 59.2 Å². The lowest BCUT2D eigenvalue weighted by atomic mass is 10.0. The molecule has 4 heterocycles. The number of imide groups is 2. The lowest BCUT2D eigenvalue weighted by Gasteiger charge is -2.36. The third-order valence-corrected chi connectivity index (χ3v) is 7.85. The second-order valence-corrected chi connectivity index (χ2v) is 10.3. The summed E-state index contributed by atoms with van der Waals surface area (Å²) in [7, 11) is 0. The van der Waals surface area contributed by atoms with Gasteiger partial charge in [0, 0.05) is 58.2 Å². The molecule has 11 heteroatoms. The van der Waals surface area contributed by atoms with Gasteiger partial charge >= 0.3 is 0 Å². The fourth-order valence-electron chi connectivity index (χ4n) is 5.76. The Labute approximate surface area is 215 Å². The zero-order valence-corrected chi connectivity index (χ0v) is 21.0. The van der Waals surface area contributed by atoms with E-state index in [9.17, 15) is 24.0 Å². The van der Waals surface area contributed by atoms with E-state index >= 15 is 0 Å². The summed E-state index contributed by atoms with van der Waals surface area (Å²) in [6.07, 6.45) is 3.47. The number of carbonyl (C=O) groups is 5. The molecule has 198 valence electrons. The summed E-state index contributed by atoms with van der Waals surface area (Å²) < 4.78 is 0. The maximum Gasteiger partial charge on any atom is 0.264 e. The highest BCUT2D eigenvalue weighted by molar-refractivity contribution is 6.25. The van der Waals surface area contributed by atoms with Crippen LogP contribution in [0.2, 0.25) is 0 Å². The van der Waals surface area contributed by atoms with Crippen molar-refractivity contribution < 1.29 is 24.0 Å². The van der Waals surface area contributed by atoms with Gasteiger partial charge in [-0.05, 0) is 44.4 Å². The molecule has 0 saturated carbocycles. The fraction of sp³-hybridized carbons (Fsp3) is 0.577. The maximum absolute atomic E-state index is 13.4. The second kappa shape index (κ2) is 10.6. The van der Waals surface area contributed by atoms with Gasteiger partial charge in [0.05, 0.1) is 16.8 Å². The molecule has 0 aliphatic carbocycles. The highest BCUT2D eigenvalue weighted by Crippen LogP contribution is 2.34. The first-order valence-corrected chi connectivity index (χ1v) is 13.2. The van der Waals surface area contributed by atoms with Crippen LogP contribution in [0.15, 0.2) is 18.2 Å². The van der Waals surface area contributed by atoms with Crippen molar-refractivity contribution in [1.29, 1.82) is 0 Å². The van der Waals surface area contributed by atoms with Gasteiger partial charge in [0.15, 0.2) is 0 Å². The highest BCUT2D eigenvalue weighted by atomic mass is 16.2. The minimum Gasteiger partial charge on any atom is -0.368 e. The zero-order valence-electron chi connectivity index (χ0n) is 21.0. The summed E-state index contributed by atoms with van der Waals surface area (Å²) in [6, 6.07) is 4.38. The third kappa shape index (κ3) is 5.10. The summed E-state index contributed by atoms with van der Waals surface area (Å²) in [4.78, 5) is 70.0. The molecule has 4 aliphatic rings. The van der Waals surface area contributed by atoms with Gasteiger partial charge in [-0.25, -0.2) is 0 Å². The number of nitrogens with one attached hydrogen (secondary N) is 1. The van der Waals surface area contributed by atoms with Crippen LogP contribution in [0.4, 0.5) is 5.69 Å². The Kier molecular flexibility index (Phi) is 7.25. The first-order valence-electron chi connectivity index (χ1n) is 13.2. The Hall–Kier alpha value is -3.31. The van der Waals surface area contributed by atoms with Crippen molar-refractivity contribution in [2.24, 2.45) is 5.73 Å². The van der Waals surface area contributed by atoms with E-state index in [2.05, 4.69) is 15.1 Å². The molecule has 2 atom stereocenters. The van der Waals surface area contributed by atoms with E-state index in [4.69, 9.17) is 5.73 Å². The number of unbranched alkanes of at least 4 members (excludes halogenated alkanes) is 1. The van der Waals surface area contributed by atoms with Gasteiger partial charge in [0.1, 0.15) is 6.04 Å². The molecule has 3 saturated heterocycles.